The third kappa shape index (κ3) is 4.31. The first-order chi connectivity index (χ1) is 15.9. The minimum absolute atomic E-state index is 0.0786. The first-order valence-corrected chi connectivity index (χ1v) is 11.1. The van der Waals surface area contributed by atoms with Gasteiger partial charge in [-0.15, -0.1) is 11.3 Å². The Morgan fingerprint density at radius 2 is 1.67 bits per heavy atom. The fourth-order valence-electron chi connectivity index (χ4n) is 3.57. The van der Waals surface area contributed by atoms with Crippen LogP contribution in [-0.4, -0.2) is 55.0 Å². The molecule has 1 aliphatic rings. The molecule has 0 fully saturated rings. The molecule has 0 bridgehead atoms. The topological polar surface area (TPSA) is 95.0 Å². The average molecular weight is 467 g/mol. The van der Waals surface area contributed by atoms with Gasteiger partial charge in [-0.3, -0.25) is 14.5 Å². The van der Waals surface area contributed by atoms with Gasteiger partial charge >= 0.3 is 5.97 Å². The molecule has 1 aromatic heterocycles. The number of imide groups is 1. The summed E-state index contributed by atoms with van der Waals surface area (Å²) in [6.45, 7) is 2.00. The fraction of sp³-hybridized carbons (Fsp3) is 0.250. The van der Waals surface area contributed by atoms with Crippen LogP contribution in [0.25, 0.3) is 10.6 Å². The van der Waals surface area contributed by atoms with Gasteiger partial charge in [0.2, 0.25) is 0 Å². The van der Waals surface area contributed by atoms with E-state index in [4.69, 9.17) is 14.2 Å². The quantitative estimate of drug-likeness (QED) is 0.282. The van der Waals surface area contributed by atoms with Crippen LogP contribution in [0.5, 0.6) is 11.5 Å². The van der Waals surface area contributed by atoms with E-state index in [1.807, 2.05) is 6.07 Å². The van der Waals surface area contributed by atoms with Crippen molar-refractivity contribution in [2.45, 2.75) is 13.3 Å². The average Bonchev–Trinajstić information content (AvgIpc) is 3.34. The molecule has 4 rings (SSSR count). The van der Waals surface area contributed by atoms with Gasteiger partial charge < -0.3 is 14.2 Å². The Kier molecular flexibility index (Phi) is 6.41. The Hall–Kier alpha value is -3.72. The predicted molar refractivity (Wildman–Crippen MR) is 122 cm³/mol. The summed E-state index contributed by atoms with van der Waals surface area (Å²) in [7, 11) is 3.12. The molecule has 3 aromatic rings. The van der Waals surface area contributed by atoms with E-state index in [9.17, 15) is 14.4 Å². The number of rotatable bonds is 8. The zero-order valence-electron chi connectivity index (χ0n) is 18.4. The molecule has 0 N–H and O–H groups in total. The molecule has 1 aliphatic heterocycles. The maximum atomic E-state index is 12.6. The fourth-order valence-corrected chi connectivity index (χ4v) is 4.53. The van der Waals surface area contributed by atoms with Gasteiger partial charge in [0.1, 0.15) is 9.88 Å². The van der Waals surface area contributed by atoms with Gasteiger partial charge in [-0.2, -0.15) is 0 Å². The van der Waals surface area contributed by atoms with E-state index in [0.717, 1.165) is 5.56 Å². The largest absolute Gasteiger partial charge is 0.493 e. The molecule has 2 heterocycles. The van der Waals surface area contributed by atoms with Crippen molar-refractivity contribution in [1.82, 2.24) is 9.88 Å². The minimum Gasteiger partial charge on any atom is -0.493 e. The van der Waals surface area contributed by atoms with Crippen LogP contribution >= 0.6 is 11.3 Å². The minimum atomic E-state index is -0.487. The maximum Gasteiger partial charge on any atom is 0.350 e. The second kappa shape index (κ2) is 9.41. The molecular formula is C24H22N2O6S. The third-order valence-corrected chi connectivity index (χ3v) is 6.44. The van der Waals surface area contributed by atoms with Gasteiger partial charge in [0.25, 0.3) is 11.8 Å². The van der Waals surface area contributed by atoms with Crippen molar-refractivity contribution in [3.63, 3.8) is 0 Å². The molecule has 0 spiro atoms. The number of methoxy groups -OCH3 is 2. The molecular weight excluding hydrogens is 444 g/mol. The van der Waals surface area contributed by atoms with Crippen molar-refractivity contribution in [1.29, 1.82) is 0 Å². The van der Waals surface area contributed by atoms with E-state index in [1.54, 1.807) is 57.5 Å². The zero-order valence-corrected chi connectivity index (χ0v) is 19.2. The number of esters is 1. The van der Waals surface area contributed by atoms with Crippen LogP contribution < -0.4 is 9.47 Å². The van der Waals surface area contributed by atoms with Gasteiger partial charge in [0, 0.05) is 12.1 Å². The van der Waals surface area contributed by atoms with Crippen LogP contribution in [0.3, 0.4) is 0 Å². The Morgan fingerprint density at radius 1 is 1.00 bits per heavy atom. The Balaban J connectivity index is 1.36. The lowest BCUT2D eigenvalue weighted by Crippen LogP contribution is -2.31. The monoisotopic (exact) mass is 466 g/mol. The molecule has 0 saturated heterocycles. The van der Waals surface area contributed by atoms with Crippen LogP contribution in [0, 0.1) is 6.92 Å². The summed E-state index contributed by atoms with van der Waals surface area (Å²) in [4.78, 5) is 43.5. The lowest BCUT2D eigenvalue weighted by Gasteiger charge is -2.13. The van der Waals surface area contributed by atoms with E-state index in [-0.39, 0.29) is 25.0 Å². The highest BCUT2D eigenvalue weighted by molar-refractivity contribution is 7.17. The standard InChI is InChI=1S/C24H22N2O6S/c1-14-20(33-21(25-14)15-9-10-18(30-2)19(13-15)31-3)24(29)32-12-6-11-26-22(27)16-7-4-5-8-17(16)23(26)28/h4-5,7-10,13H,6,11-12H2,1-3H3. The molecule has 2 amide bonds. The number of carbonyl (C=O) groups is 3. The number of nitrogens with zero attached hydrogens (tertiary/aromatic N) is 2. The van der Waals surface area contributed by atoms with Gasteiger partial charge in [-0.05, 0) is 43.7 Å². The Morgan fingerprint density at radius 3 is 2.30 bits per heavy atom. The van der Waals surface area contributed by atoms with Crippen LogP contribution in [0.1, 0.15) is 42.5 Å². The zero-order chi connectivity index (χ0) is 23.5. The third-order valence-electron chi connectivity index (χ3n) is 5.25. The lowest BCUT2D eigenvalue weighted by molar-refractivity contribution is 0.0487. The highest BCUT2D eigenvalue weighted by atomic mass is 32.1. The SMILES string of the molecule is COc1ccc(-c2nc(C)c(C(=O)OCCCN3C(=O)c4ccccc4C3=O)s2)cc1OC. The molecule has 33 heavy (non-hydrogen) atoms. The second-order valence-electron chi connectivity index (χ2n) is 7.30. The van der Waals surface area contributed by atoms with Crippen LogP contribution in [0.15, 0.2) is 42.5 Å². The first-order valence-electron chi connectivity index (χ1n) is 10.3. The smallest absolute Gasteiger partial charge is 0.350 e. The van der Waals surface area contributed by atoms with Crippen molar-refractivity contribution < 1.29 is 28.6 Å². The molecule has 0 unspecified atom stereocenters. The number of hydrogen-bond acceptors (Lipinski definition) is 8. The summed E-state index contributed by atoms with van der Waals surface area (Å²) in [6.07, 6.45) is 0.345. The van der Waals surface area contributed by atoms with Crippen molar-refractivity contribution in [2.75, 3.05) is 27.4 Å². The van der Waals surface area contributed by atoms with Crippen LogP contribution in [0.4, 0.5) is 0 Å². The number of aromatic nitrogens is 1. The van der Waals surface area contributed by atoms with Gasteiger partial charge in [0.05, 0.1) is 37.6 Å². The van der Waals surface area contributed by atoms with E-state index < -0.39 is 5.97 Å². The highest BCUT2D eigenvalue weighted by Crippen LogP contribution is 2.35. The van der Waals surface area contributed by atoms with E-state index in [1.165, 1.54) is 16.2 Å². The predicted octanol–water partition coefficient (Wildman–Crippen LogP) is 3.98. The summed E-state index contributed by atoms with van der Waals surface area (Å²) < 4.78 is 16.0. The number of fused-ring (bicyclic) bond motifs is 1. The Bertz CT molecular complexity index is 1200. The van der Waals surface area contributed by atoms with E-state index >= 15 is 0 Å². The number of ether oxygens (including phenoxy) is 3. The molecule has 0 atom stereocenters. The number of benzene rings is 2. The molecule has 9 heteroatoms. The summed E-state index contributed by atoms with van der Waals surface area (Å²) in [5.74, 6) is 0.0472. The number of aryl methyl sites for hydroxylation is 1. The normalized spacial score (nSPS) is 12.6. The summed E-state index contributed by atoms with van der Waals surface area (Å²) in [6, 6.07) is 12.1. The van der Waals surface area contributed by atoms with Gasteiger partial charge in [-0.25, -0.2) is 9.78 Å². The van der Waals surface area contributed by atoms with Crippen molar-refractivity contribution in [3.05, 3.63) is 64.2 Å². The summed E-state index contributed by atoms with van der Waals surface area (Å²) >= 11 is 1.23. The van der Waals surface area contributed by atoms with Crippen molar-refractivity contribution >= 4 is 29.1 Å². The molecule has 0 radical (unpaired) electrons. The first kappa shape index (κ1) is 22.5. The van der Waals surface area contributed by atoms with Crippen molar-refractivity contribution in [3.8, 4) is 22.1 Å². The molecule has 0 aliphatic carbocycles. The highest BCUT2D eigenvalue weighted by Gasteiger charge is 2.34. The summed E-state index contributed by atoms with van der Waals surface area (Å²) in [5.41, 5.74) is 2.17. The van der Waals surface area contributed by atoms with Crippen LogP contribution in [0.2, 0.25) is 0 Å². The molecule has 170 valence electrons. The molecule has 0 saturated carbocycles. The molecule has 8 nitrogen and oxygen atoms in total. The van der Waals surface area contributed by atoms with Gasteiger partial charge in [0.15, 0.2) is 11.5 Å². The van der Waals surface area contributed by atoms with E-state index in [0.29, 0.717) is 44.6 Å². The number of hydrogen-bond donors (Lipinski definition) is 0. The van der Waals surface area contributed by atoms with Gasteiger partial charge in [-0.1, -0.05) is 12.1 Å². The molecule has 2 aromatic carbocycles. The number of carbonyl (C=O) groups excluding carboxylic acids is 3. The maximum absolute atomic E-state index is 12.6. The lowest BCUT2D eigenvalue weighted by atomic mass is 10.1. The van der Waals surface area contributed by atoms with Crippen molar-refractivity contribution in [2.24, 2.45) is 0 Å². The second-order valence-corrected chi connectivity index (χ2v) is 8.30. The van der Waals surface area contributed by atoms with E-state index in [2.05, 4.69) is 4.98 Å². The van der Waals surface area contributed by atoms with Crippen LogP contribution in [-0.2, 0) is 4.74 Å². The number of thiazole rings is 1. The summed E-state index contributed by atoms with van der Waals surface area (Å²) in [5, 5.41) is 0.659. The number of amides is 2. The Labute approximate surface area is 194 Å².